The highest BCUT2D eigenvalue weighted by atomic mass is 15.2. The first-order chi connectivity index (χ1) is 9.86. The lowest BCUT2D eigenvalue weighted by molar-refractivity contribution is 0.723. The summed E-state index contributed by atoms with van der Waals surface area (Å²) in [5.74, 6) is 0.490. The number of hydrogen-bond donors (Lipinski definition) is 0. The van der Waals surface area contributed by atoms with Crippen LogP contribution in [0.25, 0.3) is 11.1 Å². The Labute approximate surface area is 119 Å². The van der Waals surface area contributed by atoms with Crippen LogP contribution >= 0.6 is 0 Å². The fourth-order valence-corrected chi connectivity index (χ4v) is 3.48. The van der Waals surface area contributed by atoms with E-state index in [1.165, 1.54) is 22.4 Å². The van der Waals surface area contributed by atoms with Gasteiger partial charge in [0, 0.05) is 24.2 Å². The van der Waals surface area contributed by atoms with Gasteiger partial charge in [-0.3, -0.25) is 0 Å². The standard InChI is InChI=1S/C19H17N/c1-20-18-13-6-5-10-16(18)17-12-7-11-15(19(17)20)14-8-3-2-4-9-14/h2-13,16,18H,1H3. The van der Waals surface area contributed by atoms with Gasteiger partial charge in [-0.2, -0.15) is 0 Å². The van der Waals surface area contributed by atoms with Crippen molar-refractivity contribution in [3.8, 4) is 11.1 Å². The quantitative estimate of drug-likeness (QED) is 0.734. The van der Waals surface area contributed by atoms with Gasteiger partial charge in [0.25, 0.3) is 0 Å². The summed E-state index contributed by atoms with van der Waals surface area (Å²) < 4.78 is 0. The molecule has 1 nitrogen and oxygen atoms in total. The van der Waals surface area contributed by atoms with Crippen molar-refractivity contribution >= 4 is 5.69 Å². The van der Waals surface area contributed by atoms with Gasteiger partial charge < -0.3 is 4.90 Å². The molecular weight excluding hydrogens is 242 g/mol. The van der Waals surface area contributed by atoms with Gasteiger partial charge >= 0.3 is 0 Å². The zero-order valence-corrected chi connectivity index (χ0v) is 11.5. The molecule has 4 rings (SSSR count). The molecule has 0 radical (unpaired) electrons. The van der Waals surface area contributed by atoms with Crippen LogP contribution in [0.5, 0.6) is 0 Å². The Morgan fingerprint density at radius 3 is 2.50 bits per heavy atom. The largest absolute Gasteiger partial charge is 0.366 e. The average Bonchev–Trinajstić information content (AvgIpc) is 2.82. The molecule has 2 aromatic rings. The maximum atomic E-state index is 2.42. The highest BCUT2D eigenvalue weighted by Gasteiger charge is 2.35. The van der Waals surface area contributed by atoms with Gasteiger partial charge in [-0.25, -0.2) is 0 Å². The van der Waals surface area contributed by atoms with E-state index in [9.17, 15) is 0 Å². The Morgan fingerprint density at radius 2 is 1.65 bits per heavy atom. The first kappa shape index (κ1) is 11.5. The maximum absolute atomic E-state index is 2.42. The SMILES string of the molecule is CN1c2c(-c3ccccc3)cccc2C2C=CC=CC21. The smallest absolute Gasteiger partial charge is 0.0577 e. The molecule has 0 saturated carbocycles. The number of hydrogen-bond acceptors (Lipinski definition) is 1. The predicted molar refractivity (Wildman–Crippen MR) is 85.1 cm³/mol. The minimum absolute atomic E-state index is 0.458. The van der Waals surface area contributed by atoms with Gasteiger partial charge in [0.1, 0.15) is 0 Å². The monoisotopic (exact) mass is 259 g/mol. The van der Waals surface area contributed by atoms with E-state index in [1.54, 1.807) is 0 Å². The predicted octanol–water partition coefficient (Wildman–Crippen LogP) is 4.38. The van der Waals surface area contributed by atoms with Crippen LogP contribution in [0.15, 0.2) is 72.8 Å². The summed E-state index contributed by atoms with van der Waals surface area (Å²) in [7, 11) is 2.21. The summed E-state index contributed by atoms with van der Waals surface area (Å²) in [6.07, 6.45) is 8.95. The van der Waals surface area contributed by atoms with Crippen molar-refractivity contribution in [3.05, 3.63) is 78.4 Å². The van der Waals surface area contributed by atoms with Crippen LogP contribution in [0, 0.1) is 0 Å². The molecule has 1 aliphatic heterocycles. The van der Waals surface area contributed by atoms with E-state index in [1.807, 2.05) is 0 Å². The molecule has 2 aliphatic rings. The summed E-state index contributed by atoms with van der Waals surface area (Å²) in [4.78, 5) is 2.42. The molecular formula is C19H17N. The van der Waals surface area contributed by atoms with Crippen LogP contribution in [0.1, 0.15) is 11.5 Å². The van der Waals surface area contributed by atoms with Crippen molar-refractivity contribution in [2.45, 2.75) is 12.0 Å². The molecule has 20 heavy (non-hydrogen) atoms. The summed E-state index contributed by atoms with van der Waals surface area (Å²) >= 11 is 0. The minimum atomic E-state index is 0.458. The zero-order chi connectivity index (χ0) is 13.5. The van der Waals surface area contributed by atoms with Crippen molar-refractivity contribution < 1.29 is 0 Å². The Bertz CT molecular complexity index is 697. The first-order valence-corrected chi connectivity index (χ1v) is 7.12. The minimum Gasteiger partial charge on any atom is -0.366 e. The molecule has 0 spiro atoms. The molecule has 0 N–H and O–H groups in total. The molecule has 0 fully saturated rings. The second-order valence-electron chi connectivity index (χ2n) is 5.51. The molecule has 0 saturated heterocycles. The number of likely N-dealkylation sites (N-methyl/N-ethyl adjacent to an activating group) is 1. The Balaban J connectivity index is 1.92. The van der Waals surface area contributed by atoms with E-state index in [2.05, 4.69) is 84.8 Å². The topological polar surface area (TPSA) is 3.24 Å². The van der Waals surface area contributed by atoms with Crippen LogP contribution < -0.4 is 4.90 Å². The van der Waals surface area contributed by atoms with Crippen molar-refractivity contribution in [2.24, 2.45) is 0 Å². The van der Waals surface area contributed by atoms with Crippen LogP contribution in [0.2, 0.25) is 0 Å². The van der Waals surface area contributed by atoms with Gasteiger partial charge in [0.05, 0.1) is 6.04 Å². The molecule has 0 bridgehead atoms. The number of allylic oxidation sites excluding steroid dienone is 2. The third-order valence-electron chi connectivity index (χ3n) is 4.42. The van der Waals surface area contributed by atoms with Gasteiger partial charge in [-0.05, 0) is 11.1 Å². The van der Waals surface area contributed by atoms with Gasteiger partial charge in [0.15, 0.2) is 0 Å². The van der Waals surface area contributed by atoms with E-state index in [0.29, 0.717) is 12.0 Å². The number of benzene rings is 2. The summed E-state index contributed by atoms with van der Waals surface area (Å²) in [6, 6.07) is 17.8. The van der Waals surface area contributed by atoms with Crippen LogP contribution in [0.3, 0.4) is 0 Å². The number of nitrogens with zero attached hydrogens (tertiary/aromatic N) is 1. The molecule has 2 aromatic carbocycles. The van der Waals surface area contributed by atoms with Crippen molar-refractivity contribution in [2.75, 3.05) is 11.9 Å². The maximum Gasteiger partial charge on any atom is 0.0577 e. The normalized spacial score (nSPS) is 22.8. The number of rotatable bonds is 1. The van der Waals surface area contributed by atoms with Crippen molar-refractivity contribution in [1.29, 1.82) is 0 Å². The fraction of sp³-hybridized carbons (Fsp3) is 0.158. The average molecular weight is 259 g/mol. The Kier molecular flexibility index (Phi) is 2.53. The van der Waals surface area contributed by atoms with Gasteiger partial charge in [-0.15, -0.1) is 0 Å². The second kappa shape index (κ2) is 4.38. The summed E-state index contributed by atoms with van der Waals surface area (Å²) in [5.41, 5.74) is 5.45. The molecule has 1 aliphatic carbocycles. The van der Waals surface area contributed by atoms with Crippen molar-refractivity contribution in [1.82, 2.24) is 0 Å². The molecule has 2 atom stereocenters. The number of anilines is 1. The molecule has 1 heteroatoms. The van der Waals surface area contributed by atoms with Gasteiger partial charge in [-0.1, -0.05) is 72.8 Å². The summed E-state index contributed by atoms with van der Waals surface area (Å²) in [5, 5.41) is 0. The van der Waals surface area contributed by atoms with Crippen molar-refractivity contribution in [3.63, 3.8) is 0 Å². The van der Waals surface area contributed by atoms with Gasteiger partial charge in [0.2, 0.25) is 0 Å². The number of para-hydroxylation sites is 1. The molecule has 0 aromatic heterocycles. The molecule has 0 amide bonds. The van der Waals surface area contributed by atoms with E-state index in [-0.39, 0.29) is 0 Å². The van der Waals surface area contributed by atoms with Crippen LogP contribution in [-0.4, -0.2) is 13.1 Å². The molecule has 98 valence electrons. The second-order valence-corrected chi connectivity index (χ2v) is 5.51. The fourth-order valence-electron chi connectivity index (χ4n) is 3.48. The van der Waals surface area contributed by atoms with E-state index in [0.717, 1.165) is 0 Å². The van der Waals surface area contributed by atoms with E-state index < -0.39 is 0 Å². The number of fused-ring (bicyclic) bond motifs is 3. The summed E-state index contributed by atoms with van der Waals surface area (Å²) in [6.45, 7) is 0. The highest BCUT2D eigenvalue weighted by Crippen LogP contribution is 2.47. The molecule has 1 heterocycles. The molecule has 2 unspecified atom stereocenters. The van der Waals surface area contributed by atoms with Crippen LogP contribution in [-0.2, 0) is 0 Å². The zero-order valence-electron chi connectivity index (χ0n) is 11.5. The Morgan fingerprint density at radius 1 is 0.850 bits per heavy atom. The lowest BCUT2D eigenvalue weighted by Gasteiger charge is -2.25. The first-order valence-electron chi connectivity index (χ1n) is 7.12. The highest BCUT2D eigenvalue weighted by molar-refractivity contribution is 5.84. The third-order valence-corrected chi connectivity index (χ3v) is 4.42. The lowest BCUT2D eigenvalue weighted by Crippen LogP contribution is -2.28. The Hall–Kier alpha value is -2.28. The van der Waals surface area contributed by atoms with E-state index >= 15 is 0 Å². The lowest BCUT2D eigenvalue weighted by atomic mass is 9.90. The van der Waals surface area contributed by atoms with Crippen LogP contribution in [0.4, 0.5) is 5.69 Å². The third kappa shape index (κ3) is 1.56. The van der Waals surface area contributed by atoms with E-state index in [4.69, 9.17) is 0 Å².